The SMILES string of the molecule is CCCCc1ccc2[nH]nnc2c1CCCC. The molecule has 0 aliphatic heterocycles. The molecule has 1 N–H and O–H groups in total. The fourth-order valence-electron chi connectivity index (χ4n) is 2.25. The van der Waals surface area contributed by atoms with E-state index in [0.29, 0.717) is 0 Å². The highest BCUT2D eigenvalue weighted by atomic mass is 15.3. The van der Waals surface area contributed by atoms with Gasteiger partial charge in [0, 0.05) is 0 Å². The van der Waals surface area contributed by atoms with Gasteiger partial charge in [0.2, 0.25) is 0 Å². The Balaban J connectivity index is 2.34. The van der Waals surface area contributed by atoms with Gasteiger partial charge in [0.25, 0.3) is 0 Å². The summed E-state index contributed by atoms with van der Waals surface area (Å²) in [6, 6.07) is 4.35. The molecule has 0 aliphatic carbocycles. The highest BCUT2D eigenvalue weighted by Crippen LogP contribution is 2.22. The molecule has 92 valence electrons. The topological polar surface area (TPSA) is 41.6 Å². The summed E-state index contributed by atoms with van der Waals surface area (Å²) < 4.78 is 0. The Labute approximate surface area is 103 Å². The van der Waals surface area contributed by atoms with Crippen molar-refractivity contribution in [2.45, 2.75) is 52.4 Å². The number of benzene rings is 1. The maximum absolute atomic E-state index is 4.23. The number of hydrogen-bond donors (Lipinski definition) is 1. The van der Waals surface area contributed by atoms with Crippen molar-refractivity contribution in [3.8, 4) is 0 Å². The smallest absolute Gasteiger partial charge is 0.116 e. The first kappa shape index (κ1) is 12.1. The van der Waals surface area contributed by atoms with Crippen molar-refractivity contribution >= 4 is 11.0 Å². The second kappa shape index (κ2) is 5.80. The van der Waals surface area contributed by atoms with Crippen molar-refractivity contribution in [3.05, 3.63) is 23.3 Å². The molecule has 0 aliphatic rings. The Morgan fingerprint density at radius 3 is 2.59 bits per heavy atom. The van der Waals surface area contributed by atoms with Crippen LogP contribution in [0.25, 0.3) is 11.0 Å². The highest BCUT2D eigenvalue weighted by molar-refractivity contribution is 5.78. The Kier molecular flexibility index (Phi) is 4.13. The first-order valence-corrected chi connectivity index (χ1v) is 6.68. The van der Waals surface area contributed by atoms with Crippen LogP contribution >= 0.6 is 0 Å². The molecule has 0 saturated carbocycles. The van der Waals surface area contributed by atoms with Crippen molar-refractivity contribution in [3.63, 3.8) is 0 Å². The molecule has 1 aromatic heterocycles. The predicted octanol–water partition coefficient (Wildman–Crippen LogP) is 3.64. The Bertz CT molecular complexity index is 473. The fourth-order valence-corrected chi connectivity index (χ4v) is 2.25. The van der Waals surface area contributed by atoms with Crippen LogP contribution in [0.4, 0.5) is 0 Å². The number of nitrogens with zero attached hydrogens (tertiary/aromatic N) is 2. The summed E-state index contributed by atoms with van der Waals surface area (Å²) in [6.45, 7) is 4.47. The van der Waals surface area contributed by atoms with Gasteiger partial charge in [0.05, 0.1) is 5.52 Å². The van der Waals surface area contributed by atoms with Crippen LogP contribution in [0.1, 0.15) is 50.7 Å². The molecule has 0 unspecified atom stereocenters. The molecule has 1 aromatic carbocycles. The second-order valence-electron chi connectivity index (χ2n) is 4.62. The number of hydrogen-bond acceptors (Lipinski definition) is 2. The standard InChI is InChI=1S/C14H21N3/c1-3-5-7-11-9-10-13-14(16-17-15-13)12(11)8-6-4-2/h9-10H,3-8H2,1-2H3,(H,15,16,17). The van der Waals surface area contributed by atoms with Gasteiger partial charge in [0.15, 0.2) is 0 Å². The van der Waals surface area contributed by atoms with E-state index in [0.717, 1.165) is 17.5 Å². The van der Waals surface area contributed by atoms with Crippen LogP contribution in [-0.2, 0) is 12.8 Å². The number of aromatic amines is 1. The molecule has 0 saturated heterocycles. The molecule has 3 heteroatoms. The lowest BCUT2D eigenvalue weighted by molar-refractivity contribution is 0.760. The number of H-pyrrole nitrogens is 1. The average molecular weight is 231 g/mol. The third kappa shape index (κ3) is 2.65. The fraction of sp³-hybridized carbons (Fsp3) is 0.571. The minimum absolute atomic E-state index is 1.07. The molecular formula is C14H21N3. The van der Waals surface area contributed by atoms with E-state index in [1.54, 1.807) is 0 Å². The van der Waals surface area contributed by atoms with Crippen LogP contribution in [0.3, 0.4) is 0 Å². The van der Waals surface area contributed by atoms with Crippen LogP contribution in [-0.4, -0.2) is 15.4 Å². The number of aryl methyl sites for hydroxylation is 2. The van der Waals surface area contributed by atoms with Gasteiger partial charge in [-0.05, 0) is 42.9 Å². The maximum atomic E-state index is 4.23. The van der Waals surface area contributed by atoms with Crippen LogP contribution in [0.5, 0.6) is 0 Å². The van der Waals surface area contributed by atoms with E-state index in [-0.39, 0.29) is 0 Å². The largest absolute Gasteiger partial charge is 0.258 e. The third-order valence-electron chi connectivity index (χ3n) is 3.28. The Morgan fingerprint density at radius 1 is 1.06 bits per heavy atom. The van der Waals surface area contributed by atoms with E-state index in [1.165, 1.54) is 43.2 Å². The molecular weight excluding hydrogens is 210 g/mol. The van der Waals surface area contributed by atoms with Crippen molar-refractivity contribution in [1.29, 1.82) is 0 Å². The van der Waals surface area contributed by atoms with Crippen molar-refractivity contribution in [2.24, 2.45) is 0 Å². The average Bonchev–Trinajstić information content (AvgIpc) is 2.82. The summed E-state index contributed by atoms with van der Waals surface area (Å²) in [5, 5.41) is 11.1. The lowest BCUT2D eigenvalue weighted by Gasteiger charge is -2.09. The minimum Gasteiger partial charge on any atom is -0.258 e. The van der Waals surface area contributed by atoms with Gasteiger partial charge in [-0.2, -0.15) is 0 Å². The van der Waals surface area contributed by atoms with Crippen molar-refractivity contribution in [1.82, 2.24) is 15.4 Å². The third-order valence-corrected chi connectivity index (χ3v) is 3.28. The van der Waals surface area contributed by atoms with Crippen LogP contribution in [0, 0.1) is 0 Å². The molecule has 3 nitrogen and oxygen atoms in total. The summed E-state index contributed by atoms with van der Waals surface area (Å²) in [5.74, 6) is 0. The van der Waals surface area contributed by atoms with E-state index in [2.05, 4.69) is 41.4 Å². The number of nitrogens with one attached hydrogen (secondary N) is 1. The van der Waals surface area contributed by atoms with E-state index in [9.17, 15) is 0 Å². The number of rotatable bonds is 6. The number of fused-ring (bicyclic) bond motifs is 1. The zero-order valence-electron chi connectivity index (χ0n) is 10.8. The summed E-state index contributed by atoms with van der Waals surface area (Å²) in [4.78, 5) is 0. The monoisotopic (exact) mass is 231 g/mol. The lowest BCUT2D eigenvalue weighted by Crippen LogP contribution is -1.96. The quantitative estimate of drug-likeness (QED) is 0.824. The minimum atomic E-state index is 1.07. The van der Waals surface area contributed by atoms with Gasteiger partial charge in [-0.1, -0.05) is 38.0 Å². The van der Waals surface area contributed by atoms with Gasteiger partial charge in [-0.15, -0.1) is 5.10 Å². The normalized spacial score (nSPS) is 11.2. The van der Waals surface area contributed by atoms with E-state index < -0.39 is 0 Å². The zero-order valence-corrected chi connectivity index (χ0v) is 10.8. The van der Waals surface area contributed by atoms with E-state index in [4.69, 9.17) is 0 Å². The Morgan fingerprint density at radius 2 is 1.82 bits per heavy atom. The second-order valence-corrected chi connectivity index (χ2v) is 4.62. The lowest BCUT2D eigenvalue weighted by atomic mass is 9.96. The highest BCUT2D eigenvalue weighted by Gasteiger charge is 2.09. The molecule has 0 amide bonds. The molecule has 0 atom stereocenters. The molecule has 0 radical (unpaired) electrons. The molecule has 2 aromatic rings. The molecule has 17 heavy (non-hydrogen) atoms. The molecule has 0 spiro atoms. The van der Waals surface area contributed by atoms with Gasteiger partial charge in [-0.3, -0.25) is 5.10 Å². The van der Waals surface area contributed by atoms with Gasteiger partial charge >= 0.3 is 0 Å². The van der Waals surface area contributed by atoms with E-state index in [1.807, 2.05) is 0 Å². The summed E-state index contributed by atoms with van der Waals surface area (Å²) in [6.07, 6.45) is 7.23. The van der Waals surface area contributed by atoms with Crippen LogP contribution in [0.15, 0.2) is 12.1 Å². The van der Waals surface area contributed by atoms with Gasteiger partial charge in [0.1, 0.15) is 5.52 Å². The van der Waals surface area contributed by atoms with Gasteiger partial charge in [-0.25, -0.2) is 0 Å². The molecule has 1 heterocycles. The zero-order chi connectivity index (χ0) is 12.1. The maximum Gasteiger partial charge on any atom is 0.116 e. The number of unbranched alkanes of at least 4 members (excludes halogenated alkanes) is 2. The van der Waals surface area contributed by atoms with Crippen LogP contribution in [0.2, 0.25) is 0 Å². The molecule has 0 fully saturated rings. The number of aromatic nitrogens is 3. The Hall–Kier alpha value is -1.38. The van der Waals surface area contributed by atoms with Crippen molar-refractivity contribution < 1.29 is 0 Å². The molecule has 0 bridgehead atoms. The van der Waals surface area contributed by atoms with Crippen molar-refractivity contribution in [2.75, 3.05) is 0 Å². The molecule has 2 rings (SSSR count). The van der Waals surface area contributed by atoms with Crippen LogP contribution < -0.4 is 0 Å². The first-order valence-electron chi connectivity index (χ1n) is 6.68. The summed E-state index contributed by atoms with van der Waals surface area (Å²) in [7, 11) is 0. The van der Waals surface area contributed by atoms with E-state index >= 15 is 0 Å². The van der Waals surface area contributed by atoms with Gasteiger partial charge < -0.3 is 0 Å². The first-order chi connectivity index (χ1) is 8.36. The summed E-state index contributed by atoms with van der Waals surface area (Å²) in [5.41, 5.74) is 5.01. The summed E-state index contributed by atoms with van der Waals surface area (Å²) >= 11 is 0. The predicted molar refractivity (Wildman–Crippen MR) is 71.1 cm³/mol.